The minimum absolute atomic E-state index is 0.00238. The van der Waals surface area contributed by atoms with Crippen LogP contribution in [0.5, 0.6) is 0 Å². The van der Waals surface area contributed by atoms with E-state index in [-0.39, 0.29) is 11.9 Å². The Morgan fingerprint density at radius 3 is 2.56 bits per heavy atom. The van der Waals surface area contributed by atoms with E-state index in [1.807, 2.05) is 30.3 Å². The molecule has 0 bridgehead atoms. The van der Waals surface area contributed by atoms with Crippen LogP contribution < -0.4 is 11.1 Å². The molecule has 1 aromatic carbocycles. The first-order valence-corrected chi connectivity index (χ1v) is 6.19. The van der Waals surface area contributed by atoms with Crippen molar-refractivity contribution in [2.75, 3.05) is 6.54 Å². The highest BCUT2D eigenvalue weighted by atomic mass is 16.1. The number of benzene rings is 1. The fourth-order valence-corrected chi connectivity index (χ4v) is 1.66. The van der Waals surface area contributed by atoms with Crippen molar-refractivity contribution in [3.63, 3.8) is 0 Å². The molecule has 1 rings (SSSR count). The first-order valence-electron chi connectivity index (χ1n) is 6.19. The molecule has 0 heterocycles. The zero-order chi connectivity index (χ0) is 13.4. The van der Waals surface area contributed by atoms with Gasteiger partial charge in [-0.2, -0.15) is 0 Å². The first kappa shape index (κ1) is 14.3. The van der Waals surface area contributed by atoms with Gasteiger partial charge in [-0.25, -0.2) is 0 Å². The van der Waals surface area contributed by atoms with E-state index in [0.29, 0.717) is 12.5 Å². The van der Waals surface area contributed by atoms with Gasteiger partial charge in [0.1, 0.15) is 0 Å². The maximum atomic E-state index is 11.6. The highest BCUT2D eigenvalue weighted by Crippen LogP contribution is 2.03. The monoisotopic (exact) mass is 244 g/mol. The zero-order valence-corrected chi connectivity index (χ0v) is 10.9. The molecule has 0 fully saturated rings. The Labute approximate surface area is 109 Å². The topological polar surface area (TPSA) is 55.1 Å². The summed E-state index contributed by atoms with van der Waals surface area (Å²) in [7, 11) is 0. The summed E-state index contributed by atoms with van der Waals surface area (Å²) in [5.41, 5.74) is 6.45. The number of hydrogen-bond donors (Lipinski definition) is 2. The average Bonchev–Trinajstić information content (AvgIpc) is 2.36. The van der Waals surface area contributed by atoms with Gasteiger partial charge in [0.05, 0.1) is 0 Å². The number of carbonyl (C=O) groups excluding carboxylic acids is 1. The molecule has 0 saturated carbocycles. The fraction of sp³-hybridized carbons (Fsp3) is 0.400. The summed E-state index contributed by atoms with van der Waals surface area (Å²) in [5, 5.41) is 2.83. The Morgan fingerprint density at radius 1 is 1.33 bits per heavy atom. The standard InChI is InChI=1S/C15H20N2O/c1-12(2)10-14(11-16)17-15(18)9-8-13-6-4-3-5-7-13/h3-7,12,14H,10-11,16H2,1-2H3,(H,17,18). The summed E-state index contributed by atoms with van der Waals surface area (Å²) < 4.78 is 0. The number of nitrogens with one attached hydrogen (secondary N) is 1. The van der Waals surface area contributed by atoms with Crippen LogP contribution in [0.15, 0.2) is 30.3 Å². The number of rotatable bonds is 4. The second kappa shape index (κ2) is 7.52. The van der Waals surface area contributed by atoms with Crippen molar-refractivity contribution >= 4 is 5.91 Å². The summed E-state index contributed by atoms with van der Waals surface area (Å²) in [6.45, 7) is 4.64. The number of amides is 1. The smallest absolute Gasteiger partial charge is 0.296 e. The first-order chi connectivity index (χ1) is 8.61. The van der Waals surface area contributed by atoms with Crippen LogP contribution in [-0.4, -0.2) is 18.5 Å². The molecule has 0 aromatic heterocycles. The summed E-state index contributed by atoms with van der Waals surface area (Å²) in [6.07, 6.45) is 0.870. The van der Waals surface area contributed by atoms with E-state index >= 15 is 0 Å². The average molecular weight is 244 g/mol. The molecule has 0 saturated heterocycles. The van der Waals surface area contributed by atoms with Crippen molar-refractivity contribution in [2.24, 2.45) is 11.7 Å². The van der Waals surface area contributed by atoms with Crippen molar-refractivity contribution in [3.05, 3.63) is 35.9 Å². The van der Waals surface area contributed by atoms with E-state index < -0.39 is 0 Å². The molecular weight excluding hydrogens is 224 g/mol. The fourth-order valence-electron chi connectivity index (χ4n) is 1.66. The van der Waals surface area contributed by atoms with Crippen LogP contribution in [0.1, 0.15) is 25.8 Å². The Morgan fingerprint density at radius 2 is 2.00 bits per heavy atom. The molecule has 1 amide bonds. The Kier molecular flexibility index (Phi) is 5.96. The number of nitrogens with two attached hydrogens (primary N) is 1. The maximum Gasteiger partial charge on any atom is 0.296 e. The van der Waals surface area contributed by atoms with Gasteiger partial charge < -0.3 is 11.1 Å². The molecule has 0 radical (unpaired) electrons. The molecule has 96 valence electrons. The van der Waals surface area contributed by atoms with Crippen molar-refractivity contribution in [1.29, 1.82) is 0 Å². The lowest BCUT2D eigenvalue weighted by Gasteiger charge is -2.16. The Hall–Kier alpha value is -1.79. The van der Waals surface area contributed by atoms with E-state index in [4.69, 9.17) is 5.73 Å². The van der Waals surface area contributed by atoms with Crippen LogP contribution in [-0.2, 0) is 4.79 Å². The third kappa shape index (κ3) is 5.51. The van der Waals surface area contributed by atoms with E-state index in [1.54, 1.807) is 0 Å². The van der Waals surface area contributed by atoms with E-state index in [0.717, 1.165) is 12.0 Å². The highest BCUT2D eigenvalue weighted by molar-refractivity contribution is 5.94. The van der Waals surface area contributed by atoms with Crippen LogP contribution in [0.4, 0.5) is 0 Å². The van der Waals surface area contributed by atoms with E-state index in [2.05, 4.69) is 31.0 Å². The van der Waals surface area contributed by atoms with Crippen molar-refractivity contribution in [2.45, 2.75) is 26.3 Å². The molecule has 0 aliphatic rings. The molecule has 3 N–H and O–H groups in total. The minimum atomic E-state index is -0.269. The van der Waals surface area contributed by atoms with Gasteiger partial charge in [-0.3, -0.25) is 4.79 Å². The molecule has 0 aliphatic carbocycles. The van der Waals surface area contributed by atoms with Gasteiger partial charge in [0.2, 0.25) is 0 Å². The number of carbonyl (C=O) groups is 1. The molecule has 1 unspecified atom stereocenters. The maximum absolute atomic E-state index is 11.6. The predicted octanol–water partition coefficient (Wildman–Crippen LogP) is 1.53. The second-order valence-corrected chi connectivity index (χ2v) is 4.65. The van der Waals surface area contributed by atoms with Crippen LogP contribution in [0.25, 0.3) is 0 Å². The van der Waals surface area contributed by atoms with Gasteiger partial charge in [0.25, 0.3) is 5.91 Å². The quantitative estimate of drug-likeness (QED) is 0.789. The van der Waals surface area contributed by atoms with Crippen LogP contribution in [0.3, 0.4) is 0 Å². The van der Waals surface area contributed by atoms with Gasteiger partial charge in [-0.05, 0) is 24.5 Å². The van der Waals surface area contributed by atoms with Gasteiger partial charge >= 0.3 is 0 Å². The summed E-state index contributed by atoms with van der Waals surface area (Å²) >= 11 is 0. The molecule has 3 nitrogen and oxygen atoms in total. The molecule has 0 spiro atoms. The van der Waals surface area contributed by atoms with Crippen LogP contribution in [0, 0.1) is 17.8 Å². The number of hydrogen-bond acceptors (Lipinski definition) is 2. The molecule has 18 heavy (non-hydrogen) atoms. The molecule has 1 aromatic rings. The van der Waals surface area contributed by atoms with Crippen molar-refractivity contribution < 1.29 is 4.79 Å². The third-order valence-corrected chi connectivity index (χ3v) is 2.47. The second-order valence-electron chi connectivity index (χ2n) is 4.65. The third-order valence-electron chi connectivity index (χ3n) is 2.47. The van der Waals surface area contributed by atoms with Gasteiger partial charge in [-0.1, -0.05) is 38.0 Å². The van der Waals surface area contributed by atoms with Gasteiger partial charge in [-0.15, -0.1) is 0 Å². The Balaban J connectivity index is 2.53. The van der Waals surface area contributed by atoms with Gasteiger partial charge in [0.15, 0.2) is 0 Å². The summed E-state index contributed by atoms with van der Waals surface area (Å²) in [6, 6.07) is 9.44. The largest absolute Gasteiger partial charge is 0.341 e. The van der Waals surface area contributed by atoms with Crippen LogP contribution >= 0.6 is 0 Å². The van der Waals surface area contributed by atoms with Gasteiger partial charge in [0, 0.05) is 24.1 Å². The zero-order valence-electron chi connectivity index (χ0n) is 10.9. The van der Waals surface area contributed by atoms with E-state index in [1.165, 1.54) is 0 Å². The summed E-state index contributed by atoms with van der Waals surface area (Å²) in [5.74, 6) is 5.64. The normalized spacial score (nSPS) is 11.6. The lowest BCUT2D eigenvalue weighted by atomic mass is 10.0. The van der Waals surface area contributed by atoms with Crippen molar-refractivity contribution in [3.8, 4) is 11.8 Å². The Bertz CT molecular complexity index is 429. The van der Waals surface area contributed by atoms with E-state index in [9.17, 15) is 4.79 Å². The SMILES string of the molecule is CC(C)CC(CN)NC(=O)C#Cc1ccccc1. The molecule has 0 aliphatic heterocycles. The lowest BCUT2D eigenvalue weighted by molar-refractivity contribution is -0.116. The molecule has 3 heteroatoms. The lowest BCUT2D eigenvalue weighted by Crippen LogP contribution is -2.40. The predicted molar refractivity (Wildman–Crippen MR) is 73.8 cm³/mol. The van der Waals surface area contributed by atoms with Crippen molar-refractivity contribution in [1.82, 2.24) is 5.32 Å². The highest BCUT2D eigenvalue weighted by Gasteiger charge is 2.10. The summed E-state index contributed by atoms with van der Waals surface area (Å²) in [4.78, 5) is 11.6. The molecular formula is C15H20N2O. The molecule has 1 atom stereocenters. The van der Waals surface area contributed by atoms with Crippen LogP contribution in [0.2, 0.25) is 0 Å². The minimum Gasteiger partial charge on any atom is -0.341 e.